The van der Waals surface area contributed by atoms with Crippen molar-refractivity contribution in [1.82, 2.24) is 14.7 Å². The van der Waals surface area contributed by atoms with E-state index in [1.54, 1.807) is 0 Å². The van der Waals surface area contributed by atoms with Crippen LogP contribution in [0.3, 0.4) is 0 Å². The van der Waals surface area contributed by atoms with Gasteiger partial charge in [0.25, 0.3) is 0 Å². The van der Waals surface area contributed by atoms with Gasteiger partial charge in [-0.1, -0.05) is 12.1 Å². The van der Waals surface area contributed by atoms with Crippen molar-refractivity contribution in [2.75, 3.05) is 31.1 Å². The van der Waals surface area contributed by atoms with Crippen LogP contribution >= 0.6 is 0 Å². The number of amides is 1. The van der Waals surface area contributed by atoms with Crippen molar-refractivity contribution in [2.45, 2.75) is 19.7 Å². The first-order chi connectivity index (χ1) is 11.7. The third kappa shape index (κ3) is 2.76. The lowest BCUT2D eigenvalue weighted by Crippen LogP contribution is -2.46. The van der Waals surface area contributed by atoms with Crippen LogP contribution in [-0.2, 0) is 24.5 Å². The van der Waals surface area contributed by atoms with Crippen LogP contribution in [0, 0.1) is 0 Å². The van der Waals surface area contributed by atoms with Crippen molar-refractivity contribution in [1.29, 1.82) is 0 Å². The molecule has 0 atom stereocenters. The van der Waals surface area contributed by atoms with Gasteiger partial charge in [0.05, 0.1) is 43.3 Å². The fourth-order valence-electron chi connectivity index (χ4n) is 3.30. The zero-order valence-corrected chi connectivity index (χ0v) is 13.4. The second kappa shape index (κ2) is 6.26. The van der Waals surface area contributed by atoms with Gasteiger partial charge in [-0.3, -0.25) is 14.4 Å². The Balaban J connectivity index is 1.46. The van der Waals surface area contributed by atoms with Gasteiger partial charge < -0.3 is 14.7 Å². The molecule has 0 saturated carbocycles. The third-order valence-corrected chi connectivity index (χ3v) is 4.48. The quantitative estimate of drug-likeness (QED) is 0.894. The first-order valence-corrected chi connectivity index (χ1v) is 8.15. The van der Waals surface area contributed by atoms with Gasteiger partial charge in [-0.2, -0.15) is 5.10 Å². The largest absolute Gasteiger partial charge is 0.490 e. The van der Waals surface area contributed by atoms with Crippen LogP contribution < -0.4 is 9.64 Å². The summed E-state index contributed by atoms with van der Waals surface area (Å²) >= 11 is 0. The summed E-state index contributed by atoms with van der Waals surface area (Å²) in [6.07, 6.45) is 0. The minimum absolute atomic E-state index is 0.0521. The number of para-hydroxylation sites is 2. The number of benzene rings is 1. The Morgan fingerprint density at radius 1 is 1.25 bits per heavy atom. The topological polar surface area (TPSA) is 70.8 Å². The van der Waals surface area contributed by atoms with E-state index in [1.165, 1.54) is 0 Å². The van der Waals surface area contributed by atoms with Gasteiger partial charge in [-0.05, 0) is 18.2 Å². The van der Waals surface area contributed by atoms with Crippen molar-refractivity contribution in [3.8, 4) is 5.75 Å². The summed E-state index contributed by atoms with van der Waals surface area (Å²) in [5.41, 5.74) is 2.57. The van der Waals surface area contributed by atoms with E-state index in [9.17, 15) is 9.90 Å². The first-order valence-electron chi connectivity index (χ1n) is 8.15. The molecule has 0 unspecified atom stereocenters. The standard InChI is InChI=1S/C17H20N4O3/c22-12-13-9-14-10-19(5-6-21(14)18-13)11-17(23)20-7-8-24-16-4-2-1-3-15(16)20/h1-4,9,22H,5-8,10-12H2. The molecule has 7 heteroatoms. The molecule has 0 aliphatic carbocycles. The Morgan fingerprint density at radius 2 is 2.12 bits per heavy atom. The molecule has 0 bridgehead atoms. The predicted molar refractivity (Wildman–Crippen MR) is 87.7 cm³/mol. The van der Waals surface area contributed by atoms with E-state index in [0.717, 1.165) is 30.2 Å². The molecule has 3 heterocycles. The van der Waals surface area contributed by atoms with Crippen molar-refractivity contribution in [3.63, 3.8) is 0 Å². The SMILES string of the molecule is O=C(CN1CCn2nc(CO)cc2C1)N1CCOc2ccccc21. The van der Waals surface area contributed by atoms with Crippen LogP contribution in [0.15, 0.2) is 30.3 Å². The predicted octanol–water partition coefficient (Wildman–Crippen LogP) is 0.617. The molecule has 4 rings (SSSR count). The molecule has 2 aromatic rings. The number of anilines is 1. The zero-order valence-electron chi connectivity index (χ0n) is 13.4. The van der Waals surface area contributed by atoms with Crippen molar-refractivity contribution < 1.29 is 14.6 Å². The van der Waals surface area contributed by atoms with Crippen LogP contribution in [0.25, 0.3) is 0 Å². The Morgan fingerprint density at radius 3 is 3.00 bits per heavy atom. The molecule has 1 amide bonds. The fraction of sp³-hybridized carbons (Fsp3) is 0.412. The Hall–Kier alpha value is -2.38. The number of hydrogen-bond acceptors (Lipinski definition) is 5. The Bertz CT molecular complexity index is 758. The summed E-state index contributed by atoms with van der Waals surface area (Å²) in [5.74, 6) is 0.850. The van der Waals surface area contributed by atoms with E-state index in [0.29, 0.717) is 31.9 Å². The maximum absolute atomic E-state index is 12.8. The molecule has 1 N–H and O–H groups in total. The second-order valence-corrected chi connectivity index (χ2v) is 6.08. The smallest absolute Gasteiger partial charge is 0.241 e. The highest BCUT2D eigenvalue weighted by atomic mass is 16.5. The van der Waals surface area contributed by atoms with E-state index in [-0.39, 0.29) is 12.5 Å². The molecule has 0 spiro atoms. The summed E-state index contributed by atoms with van der Waals surface area (Å²) in [4.78, 5) is 16.7. The van der Waals surface area contributed by atoms with E-state index in [1.807, 2.05) is 39.9 Å². The van der Waals surface area contributed by atoms with Gasteiger partial charge in [0, 0.05) is 13.1 Å². The molecule has 0 fully saturated rings. The number of carbonyl (C=O) groups excluding carboxylic acids is 1. The number of carbonyl (C=O) groups is 1. The monoisotopic (exact) mass is 328 g/mol. The van der Waals surface area contributed by atoms with Gasteiger partial charge in [-0.25, -0.2) is 0 Å². The van der Waals surface area contributed by atoms with Gasteiger partial charge in [-0.15, -0.1) is 0 Å². The van der Waals surface area contributed by atoms with E-state index in [4.69, 9.17) is 4.74 Å². The van der Waals surface area contributed by atoms with Gasteiger partial charge >= 0.3 is 0 Å². The molecule has 1 aromatic carbocycles. The van der Waals surface area contributed by atoms with E-state index >= 15 is 0 Å². The maximum Gasteiger partial charge on any atom is 0.241 e. The minimum Gasteiger partial charge on any atom is -0.490 e. The number of fused-ring (bicyclic) bond motifs is 2. The molecule has 2 aliphatic heterocycles. The molecule has 2 aliphatic rings. The van der Waals surface area contributed by atoms with Crippen molar-refractivity contribution in [2.24, 2.45) is 0 Å². The number of hydrogen-bond donors (Lipinski definition) is 1. The van der Waals surface area contributed by atoms with Gasteiger partial charge in [0.2, 0.25) is 5.91 Å². The molecule has 1 aromatic heterocycles. The molecular formula is C17H20N4O3. The van der Waals surface area contributed by atoms with Crippen LogP contribution in [-0.4, -0.2) is 51.9 Å². The number of ether oxygens (including phenoxy) is 1. The Kier molecular flexibility index (Phi) is 3.95. The third-order valence-electron chi connectivity index (χ3n) is 4.48. The summed E-state index contributed by atoms with van der Waals surface area (Å²) < 4.78 is 7.53. The van der Waals surface area contributed by atoms with Crippen molar-refractivity contribution >= 4 is 11.6 Å². The van der Waals surface area contributed by atoms with E-state index < -0.39 is 0 Å². The molecule has 7 nitrogen and oxygen atoms in total. The summed E-state index contributed by atoms with van der Waals surface area (Å²) in [6, 6.07) is 9.55. The summed E-state index contributed by atoms with van der Waals surface area (Å²) in [6.45, 7) is 3.60. The van der Waals surface area contributed by atoms with Crippen LogP contribution in [0.4, 0.5) is 5.69 Å². The first kappa shape index (κ1) is 15.2. The highest BCUT2D eigenvalue weighted by molar-refractivity contribution is 5.96. The van der Waals surface area contributed by atoms with Crippen LogP contribution in [0.5, 0.6) is 5.75 Å². The highest BCUT2D eigenvalue weighted by Gasteiger charge is 2.26. The van der Waals surface area contributed by atoms with Crippen molar-refractivity contribution in [3.05, 3.63) is 41.7 Å². The van der Waals surface area contributed by atoms with Gasteiger partial charge in [0.15, 0.2) is 0 Å². The molecule has 0 saturated heterocycles. The second-order valence-electron chi connectivity index (χ2n) is 6.08. The van der Waals surface area contributed by atoms with Crippen LogP contribution in [0.1, 0.15) is 11.4 Å². The fourth-order valence-corrected chi connectivity index (χ4v) is 3.30. The summed E-state index contributed by atoms with van der Waals surface area (Å²) in [7, 11) is 0. The van der Waals surface area contributed by atoms with Gasteiger partial charge in [0.1, 0.15) is 12.4 Å². The number of aliphatic hydroxyl groups excluding tert-OH is 1. The molecule has 0 radical (unpaired) electrons. The minimum atomic E-state index is -0.0521. The normalized spacial score (nSPS) is 17.1. The lowest BCUT2D eigenvalue weighted by Gasteiger charge is -2.33. The molecule has 24 heavy (non-hydrogen) atoms. The number of nitrogens with zero attached hydrogens (tertiary/aromatic N) is 4. The average molecular weight is 328 g/mol. The average Bonchev–Trinajstić information content (AvgIpc) is 3.03. The molecule has 126 valence electrons. The lowest BCUT2D eigenvalue weighted by molar-refractivity contribution is -0.120. The molecular weight excluding hydrogens is 308 g/mol. The maximum atomic E-state index is 12.8. The van der Waals surface area contributed by atoms with E-state index in [2.05, 4.69) is 10.00 Å². The summed E-state index contributed by atoms with van der Waals surface area (Å²) in [5, 5.41) is 13.5. The number of rotatable bonds is 3. The number of aliphatic hydroxyl groups is 1. The zero-order chi connectivity index (χ0) is 16.5. The lowest BCUT2D eigenvalue weighted by atomic mass is 10.2. The number of aromatic nitrogens is 2. The van der Waals surface area contributed by atoms with Crippen LogP contribution in [0.2, 0.25) is 0 Å². The highest BCUT2D eigenvalue weighted by Crippen LogP contribution is 2.31. The Labute approximate surface area is 140 Å².